The molecule has 0 aliphatic carbocycles. The van der Waals surface area contributed by atoms with E-state index in [0.717, 1.165) is 24.4 Å². The van der Waals surface area contributed by atoms with Crippen molar-refractivity contribution in [2.45, 2.75) is 13.5 Å². The minimum atomic E-state index is -0.897. The van der Waals surface area contributed by atoms with Crippen LogP contribution in [-0.4, -0.2) is 21.5 Å². The van der Waals surface area contributed by atoms with Gasteiger partial charge in [0.25, 0.3) is 0 Å². The molecule has 0 unspecified atom stereocenters. The summed E-state index contributed by atoms with van der Waals surface area (Å²) in [5.74, 6) is -1.77. The number of nitrogens with zero attached hydrogens (tertiary/aromatic N) is 3. The molecule has 2 aromatic rings. The van der Waals surface area contributed by atoms with Gasteiger partial charge in [0.2, 0.25) is 0 Å². The Balaban J connectivity index is 2.21. The summed E-state index contributed by atoms with van der Waals surface area (Å²) in [6.45, 7) is 3.41. The van der Waals surface area contributed by atoms with E-state index >= 15 is 0 Å². The highest BCUT2D eigenvalue weighted by Crippen LogP contribution is 2.12. The first-order valence-corrected chi connectivity index (χ1v) is 5.28. The summed E-state index contributed by atoms with van der Waals surface area (Å²) in [7, 11) is 0. The van der Waals surface area contributed by atoms with Gasteiger partial charge in [0, 0.05) is 12.6 Å². The molecule has 1 aromatic heterocycles. The Hall–Kier alpha value is -1.82. The predicted octanol–water partition coefficient (Wildman–Crippen LogP) is 1.66. The van der Waals surface area contributed by atoms with Crippen LogP contribution in [0.4, 0.5) is 8.78 Å². The lowest BCUT2D eigenvalue weighted by molar-refractivity contribution is 0.507. The van der Waals surface area contributed by atoms with Crippen molar-refractivity contribution in [2.24, 2.45) is 0 Å². The van der Waals surface area contributed by atoms with Crippen molar-refractivity contribution in [2.75, 3.05) is 6.54 Å². The Bertz CT molecular complexity index is 510. The fourth-order valence-corrected chi connectivity index (χ4v) is 1.39. The predicted molar refractivity (Wildman–Crippen MR) is 58.7 cm³/mol. The van der Waals surface area contributed by atoms with Gasteiger partial charge >= 0.3 is 0 Å². The van der Waals surface area contributed by atoms with Crippen molar-refractivity contribution >= 4 is 0 Å². The molecule has 0 saturated carbocycles. The molecule has 17 heavy (non-hydrogen) atoms. The molecular formula is C11H12F2N4. The van der Waals surface area contributed by atoms with E-state index in [1.165, 1.54) is 10.7 Å². The average molecular weight is 238 g/mol. The highest BCUT2D eigenvalue weighted by molar-refractivity contribution is 5.31. The van der Waals surface area contributed by atoms with E-state index < -0.39 is 11.6 Å². The number of benzene rings is 1. The van der Waals surface area contributed by atoms with Crippen LogP contribution in [0.15, 0.2) is 24.4 Å². The molecule has 0 fully saturated rings. The molecule has 90 valence electrons. The van der Waals surface area contributed by atoms with Crippen molar-refractivity contribution in [1.29, 1.82) is 0 Å². The number of rotatable bonds is 4. The SMILES string of the molecule is CCNCc1cn(-c2ccc(F)c(F)c2)nn1. The maximum Gasteiger partial charge on any atom is 0.160 e. The Kier molecular flexibility index (Phi) is 3.43. The molecule has 1 N–H and O–H groups in total. The van der Waals surface area contributed by atoms with E-state index in [-0.39, 0.29) is 0 Å². The van der Waals surface area contributed by atoms with E-state index in [0.29, 0.717) is 12.2 Å². The maximum atomic E-state index is 13.0. The van der Waals surface area contributed by atoms with Gasteiger partial charge in [-0.25, -0.2) is 13.5 Å². The van der Waals surface area contributed by atoms with Crippen LogP contribution in [0.3, 0.4) is 0 Å². The topological polar surface area (TPSA) is 42.7 Å². The normalized spacial score (nSPS) is 10.8. The van der Waals surface area contributed by atoms with E-state index in [9.17, 15) is 8.78 Å². The summed E-state index contributed by atoms with van der Waals surface area (Å²) < 4.78 is 27.2. The summed E-state index contributed by atoms with van der Waals surface area (Å²) in [4.78, 5) is 0. The van der Waals surface area contributed by atoms with Crippen LogP contribution in [-0.2, 0) is 6.54 Å². The lowest BCUT2D eigenvalue weighted by Crippen LogP contribution is -2.11. The molecular weight excluding hydrogens is 226 g/mol. The third-order valence-corrected chi connectivity index (χ3v) is 2.26. The second-order valence-corrected chi connectivity index (χ2v) is 3.53. The van der Waals surface area contributed by atoms with Crippen molar-refractivity contribution in [3.05, 3.63) is 41.7 Å². The van der Waals surface area contributed by atoms with Gasteiger partial charge in [0.05, 0.1) is 17.6 Å². The minimum Gasteiger partial charge on any atom is -0.311 e. The van der Waals surface area contributed by atoms with E-state index in [2.05, 4.69) is 15.6 Å². The van der Waals surface area contributed by atoms with Crippen LogP contribution < -0.4 is 5.32 Å². The first-order chi connectivity index (χ1) is 8.20. The first-order valence-electron chi connectivity index (χ1n) is 5.28. The largest absolute Gasteiger partial charge is 0.311 e. The molecule has 0 radical (unpaired) electrons. The summed E-state index contributed by atoms with van der Waals surface area (Å²) in [5.41, 5.74) is 1.19. The Labute approximate surface area is 97.3 Å². The van der Waals surface area contributed by atoms with Gasteiger partial charge in [-0.3, -0.25) is 0 Å². The first kappa shape index (κ1) is 11.7. The van der Waals surface area contributed by atoms with Crippen LogP contribution in [0.2, 0.25) is 0 Å². The smallest absolute Gasteiger partial charge is 0.160 e. The van der Waals surface area contributed by atoms with Crippen molar-refractivity contribution in [3.8, 4) is 5.69 Å². The van der Waals surface area contributed by atoms with Gasteiger partial charge in [-0.15, -0.1) is 5.10 Å². The fraction of sp³-hybridized carbons (Fsp3) is 0.273. The molecule has 0 aliphatic rings. The van der Waals surface area contributed by atoms with Crippen LogP contribution in [0, 0.1) is 11.6 Å². The van der Waals surface area contributed by atoms with Crippen LogP contribution in [0.5, 0.6) is 0 Å². The molecule has 2 rings (SSSR count). The number of aromatic nitrogens is 3. The molecule has 0 bridgehead atoms. The van der Waals surface area contributed by atoms with Gasteiger partial charge in [0.1, 0.15) is 0 Å². The van der Waals surface area contributed by atoms with E-state index in [1.807, 2.05) is 6.92 Å². The monoisotopic (exact) mass is 238 g/mol. The summed E-state index contributed by atoms with van der Waals surface area (Å²) >= 11 is 0. The zero-order valence-electron chi connectivity index (χ0n) is 9.32. The minimum absolute atomic E-state index is 0.444. The third-order valence-electron chi connectivity index (χ3n) is 2.26. The van der Waals surface area contributed by atoms with Crippen molar-refractivity contribution in [1.82, 2.24) is 20.3 Å². The molecule has 6 heteroatoms. The molecule has 0 saturated heterocycles. The summed E-state index contributed by atoms with van der Waals surface area (Å²) in [5, 5.41) is 10.9. The Morgan fingerprint density at radius 3 is 2.82 bits per heavy atom. The fourth-order valence-electron chi connectivity index (χ4n) is 1.39. The number of nitrogens with one attached hydrogen (secondary N) is 1. The number of halogens is 2. The lowest BCUT2D eigenvalue weighted by atomic mass is 10.3. The van der Waals surface area contributed by atoms with E-state index in [4.69, 9.17) is 0 Å². The van der Waals surface area contributed by atoms with Gasteiger partial charge in [-0.05, 0) is 18.7 Å². The number of hydrogen-bond donors (Lipinski definition) is 1. The van der Waals surface area contributed by atoms with Crippen LogP contribution >= 0.6 is 0 Å². The molecule has 0 atom stereocenters. The third kappa shape index (κ3) is 2.65. The lowest BCUT2D eigenvalue weighted by Gasteiger charge is -2.00. The van der Waals surface area contributed by atoms with Crippen molar-refractivity contribution < 1.29 is 8.78 Å². The quantitative estimate of drug-likeness (QED) is 0.880. The molecule has 0 amide bonds. The number of hydrogen-bond acceptors (Lipinski definition) is 3. The zero-order chi connectivity index (χ0) is 12.3. The second-order valence-electron chi connectivity index (χ2n) is 3.53. The highest BCUT2D eigenvalue weighted by Gasteiger charge is 2.06. The molecule has 1 heterocycles. The van der Waals surface area contributed by atoms with Gasteiger partial charge in [0.15, 0.2) is 11.6 Å². The average Bonchev–Trinajstić information content (AvgIpc) is 2.79. The molecule has 1 aromatic carbocycles. The van der Waals surface area contributed by atoms with Gasteiger partial charge in [-0.1, -0.05) is 12.1 Å². The van der Waals surface area contributed by atoms with Gasteiger partial charge < -0.3 is 5.32 Å². The molecule has 0 spiro atoms. The van der Waals surface area contributed by atoms with E-state index in [1.54, 1.807) is 6.20 Å². The summed E-state index contributed by atoms with van der Waals surface area (Å²) in [6, 6.07) is 3.60. The Morgan fingerprint density at radius 2 is 2.12 bits per heavy atom. The highest BCUT2D eigenvalue weighted by atomic mass is 19.2. The standard InChI is InChI=1S/C11H12F2N4/c1-2-14-6-8-7-17(16-15-8)9-3-4-10(12)11(13)5-9/h3-5,7,14H,2,6H2,1H3. The molecule has 4 nitrogen and oxygen atoms in total. The molecule has 0 aliphatic heterocycles. The second kappa shape index (κ2) is 5.01. The van der Waals surface area contributed by atoms with Gasteiger partial charge in [-0.2, -0.15) is 0 Å². The summed E-state index contributed by atoms with van der Waals surface area (Å²) in [6.07, 6.45) is 1.68. The van der Waals surface area contributed by atoms with Crippen molar-refractivity contribution in [3.63, 3.8) is 0 Å². The van der Waals surface area contributed by atoms with Crippen LogP contribution in [0.1, 0.15) is 12.6 Å². The van der Waals surface area contributed by atoms with Crippen LogP contribution in [0.25, 0.3) is 5.69 Å². The maximum absolute atomic E-state index is 13.0. The zero-order valence-corrected chi connectivity index (χ0v) is 9.32. The Morgan fingerprint density at radius 1 is 1.29 bits per heavy atom.